The molecule has 4 N–H and O–H groups in total. The number of hydrogen-bond acceptors (Lipinski definition) is 9. The predicted molar refractivity (Wildman–Crippen MR) is 158 cm³/mol. The third kappa shape index (κ3) is 10.4. The third-order valence-electron chi connectivity index (χ3n) is 8.95. The van der Waals surface area contributed by atoms with Gasteiger partial charge in [-0.15, -0.1) is 0 Å². The van der Waals surface area contributed by atoms with Crippen molar-refractivity contribution in [2.45, 2.75) is 88.8 Å². The van der Waals surface area contributed by atoms with Crippen LogP contribution in [0.4, 0.5) is 4.79 Å². The van der Waals surface area contributed by atoms with Gasteiger partial charge in [-0.25, -0.2) is 13.2 Å². The molecule has 0 bridgehead atoms. The van der Waals surface area contributed by atoms with Crippen molar-refractivity contribution >= 4 is 33.9 Å². The summed E-state index contributed by atoms with van der Waals surface area (Å²) in [5.74, 6) is -1.79. The van der Waals surface area contributed by atoms with Crippen LogP contribution in [0.15, 0.2) is 30.3 Å². The van der Waals surface area contributed by atoms with E-state index in [1.165, 1.54) is 0 Å². The molecular weight excluding hydrogens is 615 g/mol. The molecule has 2 heterocycles. The van der Waals surface area contributed by atoms with Crippen LogP contribution in [0.5, 0.6) is 0 Å². The van der Waals surface area contributed by atoms with E-state index in [0.29, 0.717) is 45.3 Å². The summed E-state index contributed by atoms with van der Waals surface area (Å²) in [6.45, 7) is 5.32. The second-order valence-electron chi connectivity index (χ2n) is 12.8. The van der Waals surface area contributed by atoms with E-state index < -0.39 is 45.6 Å². The van der Waals surface area contributed by atoms with Crippen molar-refractivity contribution in [1.82, 2.24) is 20.9 Å². The first-order valence-corrected chi connectivity index (χ1v) is 16.7. The largest absolute Gasteiger partial charge is 1.00 e. The number of aliphatic hydroxyl groups excluding tert-OH is 1. The van der Waals surface area contributed by atoms with Crippen molar-refractivity contribution in [2.24, 2.45) is 17.3 Å². The molecule has 4 rings (SSSR count). The summed E-state index contributed by atoms with van der Waals surface area (Å²) in [5, 5.41) is 17.7. The average molecular weight is 659 g/mol. The van der Waals surface area contributed by atoms with Crippen LogP contribution in [0.25, 0.3) is 0 Å². The van der Waals surface area contributed by atoms with Gasteiger partial charge in [0.25, 0.3) is 0 Å². The molecule has 1 unspecified atom stereocenters. The molecule has 1 saturated carbocycles. The van der Waals surface area contributed by atoms with Crippen LogP contribution in [-0.2, 0) is 35.7 Å². The van der Waals surface area contributed by atoms with Gasteiger partial charge in [0.15, 0.2) is 5.44 Å². The number of likely N-dealkylation sites (tertiary alicyclic amines) is 1. The van der Waals surface area contributed by atoms with Crippen molar-refractivity contribution in [3.05, 3.63) is 35.9 Å². The minimum absolute atomic E-state index is 0. The Balaban J connectivity index is 0.00000552. The molecule has 1 aliphatic carbocycles. The average Bonchev–Trinajstić information content (AvgIpc) is 3.35. The Hall–Kier alpha value is -2.23. The van der Waals surface area contributed by atoms with Crippen LogP contribution in [0.1, 0.15) is 64.4 Å². The Morgan fingerprint density at radius 2 is 1.78 bits per heavy atom. The van der Waals surface area contributed by atoms with E-state index in [9.17, 15) is 37.3 Å². The predicted octanol–water partition coefficient (Wildman–Crippen LogP) is -1.98. The minimum Gasteiger partial charge on any atom is -0.746 e. The van der Waals surface area contributed by atoms with Crippen LogP contribution in [0.3, 0.4) is 0 Å². The normalized spacial score (nSPS) is 21.6. The molecule has 1 spiro atoms. The summed E-state index contributed by atoms with van der Waals surface area (Å²) < 4.78 is 40.3. The molecule has 0 radical (unpaired) electrons. The molecule has 244 valence electrons. The Kier molecular flexibility index (Phi) is 13.3. The zero-order valence-electron chi connectivity index (χ0n) is 26.2. The van der Waals surface area contributed by atoms with Crippen LogP contribution in [0.2, 0.25) is 0 Å². The minimum atomic E-state index is -5.20. The maximum atomic E-state index is 13.2. The molecule has 3 fully saturated rings. The van der Waals surface area contributed by atoms with Gasteiger partial charge in [-0.1, -0.05) is 44.2 Å². The van der Waals surface area contributed by atoms with Crippen LogP contribution in [-0.4, -0.2) is 90.0 Å². The number of carbonyl (C=O) groups is 4. The first-order valence-electron chi connectivity index (χ1n) is 15.2. The van der Waals surface area contributed by atoms with E-state index in [-0.39, 0.29) is 71.7 Å². The zero-order valence-corrected chi connectivity index (χ0v) is 29.0. The zero-order chi connectivity index (χ0) is 32.1. The van der Waals surface area contributed by atoms with Gasteiger partial charge in [-0.3, -0.25) is 14.4 Å². The first-order chi connectivity index (χ1) is 20.7. The number of alkyl carbamates (subject to hydrolysis) is 1. The van der Waals surface area contributed by atoms with Crippen LogP contribution < -0.4 is 45.5 Å². The van der Waals surface area contributed by atoms with Crippen molar-refractivity contribution < 1.29 is 71.5 Å². The number of amides is 4. The number of benzene rings is 1. The van der Waals surface area contributed by atoms with Gasteiger partial charge in [-0.05, 0) is 61.8 Å². The van der Waals surface area contributed by atoms with Crippen molar-refractivity contribution in [1.29, 1.82) is 0 Å². The second kappa shape index (κ2) is 16.1. The molecule has 4 amide bonds. The van der Waals surface area contributed by atoms with E-state index in [1.54, 1.807) is 0 Å². The maximum Gasteiger partial charge on any atom is 1.00 e. The Bertz CT molecular complexity index is 1300. The van der Waals surface area contributed by atoms with Gasteiger partial charge in [0.1, 0.15) is 22.3 Å². The molecular formula is C30H43N4NaO9S. The monoisotopic (exact) mass is 658 g/mol. The summed E-state index contributed by atoms with van der Waals surface area (Å²) in [6, 6.07) is 6.95. The third-order valence-corrected chi connectivity index (χ3v) is 9.87. The van der Waals surface area contributed by atoms with Crippen LogP contribution in [0, 0.1) is 17.3 Å². The van der Waals surface area contributed by atoms with E-state index in [1.807, 2.05) is 49.1 Å². The topological polar surface area (TPSA) is 194 Å². The number of nitrogens with zero attached hydrogens (tertiary/aromatic N) is 1. The van der Waals surface area contributed by atoms with Crippen LogP contribution >= 0.6 is 0 Å². The Morgan fingerprint density at radius 3 is 2.33 bits per heavy atom. The smallest absolute Gasteiger partial charge is 0.746 e. The molecule has 45 heavy (non-hydrogen) atoms. The quantitative estimate of drug-likeness (QED) is 0.145. The SMILES string of the molecule is CC(C)C[C@H](NC(=O)OC1CC2(CCN(C(=O)Cc3ccccc3)CC2)C1)C(=O)N[C@@H](C[C@H]1CCNC1=O)C(O)S(=O)(=O)[O-].[Na+]. The summed E-state index contributed by atoms with van der Waals surface area (Å²) in [7, 11) is -5.20. The van der Waals surface area contributed by atoms with Gasteiger partial charge in [0, 0.05) is 25.6 Å². The fourth-order valence-corrected chi connectivity index (χ4v) is 7.03. The molecule has 1 aromatic carbocycles. The number of hydrogen-bond donors (Lipinski definition) is 4. The summed E-state index contributed by atoms with van der Waals surface area (Å²) in [6.07, 6.45) is 2.46. The molecule has 3 aliphatic rings. The van der Waals surface area contributed by atoms with E-state index in [4.69, 9.17) is 4.74 Å². The summed E-state index contributed by atoms with van der Waals surface area (Å²) >= 11 is 0. The number of carbonyl (C=O) groups excluding carboxylic acids is 4. The summed E-state index contributed by atoms with van der Waals surface area (Å²) in [5.41, 5.74) is -1.48. The Labute approximate surface area is 286 Å². The number of ether oxygens (including phenoxy) is 1. The number of rotatable bonds is 12. The second-order valence-corrected chi connectivity index (χ2v) is 14.3. The van der Waals surface area contributed by atoms with Gasteiger partial charge >= 0.3 is 35.7 Å². The van der Waals surface area contributed by atoms with Crippen molar-refractivity contribution in [3.63, 3.8) is 0 Å². The molecule has 0 aromatic heterocycles. The van der Waals surface area contributed by atoms with Crippen molar-refractivity contribution in [2.75, 3.05) is 19.6 Å². The molecule has 2 aliphatic heterocycles. The standard InChI is InChI=1S/C30H44N4O9S.Na/c1-19(2)14-23(27(37)32-24(28(38)44(40,41)42)16-21-8-11-31-26(21)36)33-29(39)43-22-17-30(18-22)9-12-34(13-10-30)25(35)15-20-6-4-3-5-7-20;/h3-7,19,21-24,28,38H,8-18H2,1-2H3,(H,31,36)(H,32,37)(H,33,39)(H,40,41,42);/q;+1/p-1/t21-,23+,24+,28?;/m1./s1. The fourth-order valence-electron chi connectivity index (χ4n) is 6.45. The van der Waals surface area contributed by atoms with Gasteiger partial charge in [0.2, 0.25) is 17.7 Å². The molecule has 13 nitrogen and oxygen atoms in total. The molecule has 2 saturated heterocycles. The first kappa shape index (κ1) is 37.2. The molecule has 15 heteroatoms. The number of nitrogens with one attached hydrogen (secondary N) is 3. The fraction of sp³-hybridized carbons (Fsp3) is 0.667. The maximum absolute atomic E-state index is 13.2. The Morgan fingerprint density at radius 1 is 1.13 bits per heavy atom. The van der Waals surface area contributed by atoms with E-state index >= 15 is 0 Å². The van der Waals surface area contributed by atoms with E-state index in [2.05, 4.69) is 16.0 Å². The van der Waals surface area contributed by atoms with Gasteiger partial charge in [-0.2, -0.15) is 0 Å². The summed E-state index contributed by atoms with van der Waals surface area (Å²) in [4.78, 5) is 52.7. The van der Waals surface area contributed by atoms with E-state index in [0.717, 1.165) is 18.4 Å². The number of piperidine rings is 1. The molecule has 4 atom stereocenters. The van der Waals surface area contributed by atoms with Gasteiger partial charge < -0.3 is 35.2 Å². The molecule has 1 aromatic rings. The van der Waals surface area contributed by atoms with Gasteiger partial charge in [0.05, 0.1) is 12.5 Å². The van der Waals surface area contributed by atoms with Crippen molar-refractivity contribution in [3.8, 4) is 0 Å². The number of aliphatic hydroxyl groups is 1.